The quantitative estimate of drug-likeness (QED) is 0.815. The van der Waals surface area contributed by atoms with Crippen molar-refractivity contribution < 1.29 is 8.42 Å². The van der Waals surface area contributed by atoms with Gasteiger partial charge in [-0.3, -0.25) is 0 Å². The van der Waals surface area contributed by atoms with E-state index in [0.29, 0.717) is 23.9 Å². The van der Waals surface area contributed by atoms with Gasteiger partial charge in [0.05, 0.1) is 4.90 Å². The second-order valence-electron chi connectivity index (χ2n) is 4.89. The molecule has 108 valence electrons. The Labute approximate surface area is 119 Å². The predicted molar refractivity (Wildman–Crippen MR) is 78.8 cm³/mol. The van der Waals surface area contributed by atoms with Gasteiger partial charge in [-0.1, -0.05) is 0 Å². The van der Waals surface area contributed by atoms with Gasteiger partial charge < -0.3 is 9.88 Å². The van der Waals surface area contributed by atoms with Crippen LogP contribution in [0.1, 0.15) is 12.1 Å². The second-order valence-corrected chi connectivity index (χ2v) is 7.81. The van der Waals surface area contributed by atoms with Crippen LogP contribution < -0.4 is 10.0 Å². The molecule has 19 heavy (non-hydrogen) atoms. The lowest BCUT2D eigenvalue weighted by Crippen LogP contribution is -2.29. The van der Waals surface area contributed by atoms with E-state index >= 15 is 0 Å². The maximum atomic E-state index is 12.2. The smallest absolute Gasteiger partial charge is 0.242 e. The number of nitrogens with one attached hydrogen (secondary N) is 2. The molecule has 0 aliphatic carbocycles. The van der Waals surface area contributed by atoms with Gasteiger partial charge in [0.15, 0.2) is 0 Å². The zero-order valence-corrected chi connectivity index (χ0v) is 13.0. The lowest BCUT2D eigenvalue weighted by Gasteiger charge is -2.09. The highest BCUT2D eigenvalue weighted by Crippen LogP contribution is 2.23. The van der Waals surface area contributed by atoms with Gasteiger partial charge in [0.2, 0.25) is 10.0 Å². The molecule has 0 saturated carbocycles. The summed E-state index contributed by atoms with van der Waals surface area (Å²) in [5.41, 5.74) is 0.958. The Morgan fingerprint density at radius 3 is 2.95 bits per heavy atom. The van der Waals surface area contributed by atoms with Crippen LogP contribution >= 0.6 is 11.8 Å². The summed E-state index contributed by atoms with van der Waals surface area (Å²) in [5.74, 6) is 2.67. The molecule has 0 bridgehead atoms. The molecule has 1 aliphatic rings. The highest BCUT2D eigenvalue weighted by Gasteiger charge is 2.21. The Morgan fingerprint density at radius 1 is 1.53 bits per heavy atom. The van der Waals surface area contributed by atoms with E-state index in [2.05, 4.69) is 10.0 Å². The molecular weight excluding hydrogens is 282 g/mol. The summed E-state index contributed by atoms with van der Waals surface area (Å²) in [6, 6.07) is 1.72. The molecule has 1 saturated heterocycles. The molecule has 2 rings (SSSR count). The number of rotatable bonds is 6. The number of hydrogen-bond acceptors (Lipinski definition) is 4. The van der Waals surface area contributed by atoms with E-state index in [4.69, 9.17) is 0 Å². The van der Waals surface area contributed by atoms with Gasteiger partial charge in [-0.25, -0.2) is 13.1 Å². The van der Waals surface area contributed by atoms with Crippen LogP contribution in [0.4, 0.5) is 0 Å². The first-order chi connectivity index (χ1) is 9.03. The number of aryl methyl sites for hydroxylation is 1. The van der Waals surface area contributed by atoms with Gasteiger partial charge >= 0.3 is 0 Å². The van der Waals surface area contributed by atoms with Crippen LogP contribution in [0.3, 0.4) is 0 Å². The number of nitrogens with zero attached hydrogens (tertiary/aromatic N) is 1. The van der Waals surface area contributed by atoms with Gasteiger partial charge in [-0.15, -0.1) is 0 Å². The van der Waals surface area contributed by atoms with E-state index in [9.17, 15) is 8.42 Å². The van der Waals surface area contributed by atoms with Crippen LogP contribution in [0.5, 0.6) is 0 Å². The third kappa shape index (κ3) is 3.75. The van der Waals surface area contributed by atoms with E-state index in [1.165, 1.54) is 0 Å². The summed E-state index contributed by atoms with van der Waals surface area (Å²) < 4.78 is 29.0. The minimum atomic E-state index is -3.38. The van der Waals surface area contributed by atoms with Crippen molar-refractivity contribution in [3.05, 3.63) is 18.0 Å². The zero-order chi connectivity index (χ0) is 13.9. The third-order valence-corrected chi connectivity index (χ3v) is 5.96. The summed E-state index contributed by atoms with van der Waals surface area (Å²) in [6.45, 7) is 1.21. The maximum Gasteiger partial charge on any atom is 0.242 e. The molecule has 7 heteroatoms. The van der Waals surface area contributed by atoms with E-state index in [0.717, 1.165) is 23.6 Å². The Kier molecular flexibility index (Phi) is 4.94. The van der Waals surface area contributed by atoms with Crippen LogP contribution in [-0.2, 0) is 23.6 Å². The van der Waals surface area contributed by atoms with Crippen LogP contribution in [0.15, 0.2) is 17.2 Å². The largest absolute Gasteiger partial charge is 0.352 e. The number of hydrogen-bond donors (Lipinski definition) is 2. The fourth-order valence-corrected chi connectivity index (χ4v) is 4.63. The third-order valence-electron chi connectivity index (χ3n) is 3.34. The second kappa shape index (κ2) is 6.30. The van der Waals surface area contributed by atoms with Crippen molar-refractivity contribution in [1.29, 1.82) is 0 Å². The standard InChI is InChI=1S/C12H21N3O2S2/c1-13-7-11-5-12(8-15(11)2)19(16,17)14-6-10-3-4-18-9-10/h5,8,10,13-14H,3-4,6-7,9H2,1-2H3. The first-order valence-corrected chi connectivity index (χ1v) is 9.04. The average molecular weight is 303 g/mol. The van der Waals surface area contributed by atoms with E-state index in [-0.39, 0.29) is 0 Å². The van der Waals surface area contributed by atoms with E-state index in [1.807, 2.05) is 30.4 Å². The Hall–Kier alpha value is -0.500. The first-order valence-electron chi connectivity index (χ1n) is 6.40. The lowest BCUT2D eigenvalue weighted by molar-refractivity contribution is 0.545. The van der Waals surface area contributed by atoms with Crippen LogP contribution in [-0.4, -0.2) is 38.1 Å². The van der Waals surface area contributed by atoms with Gasteiger partial charge in [0, 0.05) is 32.0 Å². The van der Waals surface area contributed by atoms with Crippen molar-refractivity contribution >= 4 is 21.8 Å². The summed E-state index contributed by atoms with van der Waals surface area (Å²) in [6.07, 6.45) is 2.77. The minimum Gasteiger partial charge on any atom is -0.352 e. The van der Waals surface area contributed by atoms with Gasteiger partial charge in [-0.05, 0) is 37.0 Å². The SMILES string of the molecule is CNCc1cc(S(=O)(=O)NCC2CCSC2)cn1C. The fourth-order valence-electron chi connectivity index (χ4n) is 2.14. The minimum absolute atomic E-state index is 0.353. The van der Waals surface area contributed by atoms with Crippen molar-refractivity contribution in [1.82, 2.24) is 14.6 Å². The Balaban J connectivity index is 2.03. The highest BCUT2D eigenvalue weighted by atomic mass is 32.2. The molecule has 0 aromatic carbocycles. The molecule has 2 N–H and O–H groups in total. The maximum absolute atomic E-state index is 12.2. The molecule has 0 spiro atoms. The average Bonchev–Trinajstić information content (AvgIpc) is 2.98. The van der Waals surface area contributed by atoms with Crippen LogP contribution in [0, 0.1) is 5.92 Å². The zero-order valence-electron chi connectivity index (χ0n) is 11.3. The van der Waals surface area contributed by atoms with Crippen molar-refractivity contribution in [2.24, 2.45) is 13.0 Å². The Bertz CT molecular complexity index is 519. The molecule has 0 amide bonds. The monoisotopic (exact) mass is 303 g/mol. The van der Waals surface area contributed by atoms with Gasteiger partial charge in [-0.2, -0.15) is 11.8 Å². The summed E-state index contributed by atoms with van der Waals surface area (Å²) in [4.78, 5) is 0.353. The van der Waals surface area contributed by atoms with Crippen LogP contribution in [0.25, 0.3) is 0 Å². The fraction of sp³-hybridized carbons (Fsp3) is 0.667. The molecule has 2 heterocycles. The van der Waals surface area contributed by atoms with Gasteiger partial charge in [0.1, 0.15) is 0 Å². The van der Waals surface area contributed by atoms with E-state index in [1.54, 1.807) is 12.3 Å². The van der Waals surface area contributed by atoms with Crippen molar-refractivity contribution in [2.45, 2.75) is 17.9 Å². The van der Waals surface area contributed by atoms with Crippen LogP contribution in [0.2, 0.25) is 0 Å². The molecule has 1 fully saturated rings. The summed E-state index contributed by atoms with van der Waals surface area (Å²) in [5, 5.41) is 3.03. The molecule has 1 aromatic heterocycles. The molecule has 0 radical (unpaired) electrons. The summed E-state index contributed by atoms with van der Waals surface area (Å²) >= 11 is 1.89. The first kappa shape index (κ1) is 14.9. The molecule has 5 nitrogen and oxygen atoms in total. The van der Waals surface area contributed by atoms with Gasteiger partial charge in [0.25, 0.3) is 0 Å². The van der Waals surface area contributed by atoms with E-state index < -0.39 is 10.0 Å². The Morgan fingerprint density at radius 2 is 2.32 bits per heavy atom. The molecule has 1 atom stereocenters. The predicted octanol–water partition coefficient (Wildman–Crippen LogP) is 0.776. The normalized spacial score (nSPS) is 20.0. The number of aromatic nitrogens is 1. The molecule has 1 unspecified atom stereocenters. The topological polar surface area (TPSA) is 63.1 Å². The lowest BCUT2D eigenvalue weighted by atomic mass is 10.1. The van der Waals surface area contributed by atoms with Crippen molar-refractivity contribution in [3.8, 4) is 0 Å². The molecular formula is C12H21N3O2S2. The number of sulfonamides is 1. The van der Waals surface area contributed by atoms with Crippen molar-refractivity contribution in [2.75, 3.05) is 25.1 Å². The molecule has 1 aromatic rings. The number of thioether (sulfide) groups is 1. The summed E-state index contributed by atoms with van der Waals surface area (Å²) in [7, 11) is 0.329. The van der Waals surface area contributed by atoms with Crippen molar-refractivity contribution in [3.63, 3.8) is 0 Å². The molecule has 1 aliphatic heterocycles. The highest BCUT2D eigenvalue weighted by molar-refractivity contribution is 7.99.